The molecular formula is C22H26N2O5S. The van der Waals surface area contributed by atoms with E-state index < -0.39 is 15.8 Å². The topological polar surface area (TPSA) is 84.0 Å². The molecule has 160 valence electrons. The lowest BCUT2D eigenvalue weighted by Crippen LogP contribution is -2.42. The summed E-state index contributed by atoms with van der Waals surface area (Å²) in [6.07, 6.45) is 1.26. The van der Waals surface area contributed by atoms with Crippen LogP contribution in [0.25, 0.3) is 0 Å². The van der Waals surface area contributed by atoms with E-state index in [1.165, 1.54) is 12.1 Å². The van der Waals surface area contributed by atoms with Gasteiger partial charge in [-0.05, 0) is 50.2 Å². The van der Waals surface area contributed by atoms with Gasteiger partial charge in [-0.15, -0.1) is 0 Å². The van der Waals surface area contributed by atoms with Gasteiger partial charge in [0, 0.05) is 31.0 Å². The van der Waals surface area contributed by atoms with Gasteiger partial charge in [0.15, 0.2) is 9.84 Å². The molecular weight excluding hydrogens is 404 g/mol. The fourth-order valence-corrected chi connectivity index (χ4v) is 4.32. The molecule has 0 radical (unpaired) electrons. The van der Waals surface area contributed by atoms with E-state index in [0.29, 0.717) is 17.1 Å². The smallest absolute Gasteiger partial charge is 0.232 e. The summed E-state index contributed by atoms with van der Waals surface area (Å²) in [6.45, 7) is 4.04. The predicted octanol–water partition coefficient (Wildman–Crippen LogP) is 2.89. The Morgan fingerprint density at radius 1 is 1.13 bits per heavy atom. The number of carbonyl (C=O) groups excluding carboxylic acids is 2. The Morgan fingerprint density at radius 3 is 2.33 bits per heavy atom. The quantitative estimate of drug-likeness (QED) is 0.704. The summed E-state index contributed by atoms with van der Waals surface area (Å²) < 4.78 is 28.8. The van der Waals surface area contributed by atoms with E-state index in [4.69, 9.17) is 4.74 Å². The van der Waals surface area contributed by atoms with E-state index in [1.807, 2.05) is 26.0 Å². The number of nitrogens with zero attached hydrogens (tertiary/aromatic N) is 2. The van der Waals surface area contributed by atoms with E-state index in [0.717, 1.165) is 6.26 Å². The lowest BCUT2D eigenvalue weighted by atomic mass is 10.1. The van der Waals surface area contributed by atoms with E-state index in [2.05, 4.69) is 0 Å². The zero-order chi connectivity index (χ0) is 22.1. The van der Waals surface area contributed by atoms with Gasteiger partial charge in [-0.1, -0.05) is 12.1 Å². The molecule has 3 rings (SSSR count). The molecule has 0 aliphatic carbocycles. The number of amides is 2. The molecule has 1 atom stereocenters. The second-order valence-corrected chi connectivity index (χ2v) is 9.66. The second kappa shape index (κ2) is 8.47. The minimum absolute atomic E-state index is 0.113. The van der Waals surface area contributed by atoms with E-state index in [-0.39, 0.29) is 35.7 Å². The van der Waals surface area contributed by atoms with Crippen LogP contribution in [0.2, 0.25) is 0 Å². The number of sulfone groups is 1. The highest BCUT2D eigenvalue weighted by atomic mass is 32.2. The van der Waals surface area contributed by atoms with Crippen molar-refractivity contribution in [2.24, 2.45) is 5.92 Å². The van der Waals surface area contributed by atoms with Crippen molar-refractivity contribution in [3.05, 3.63) is 48.5 Å². The molecule has 1 heterocycles. The SMILES string of the molecule is COc1ccccc1N1CC(C(=O)N(c2ccc(S(C)(=O)=O)cc2)C(C)C)CC1=O. The number of rotatable bonds is 6. The fraction of sp³-hybridized carbons (Fsp3) is 0.364. The monoisotopic (exact) mass is 430 g/mol. The molecule has 2 amide bonds. The first-order chi connectivity index (χ1) is 14.1. The molecule has 2 aromatic rings. The third kappa shape index (κ3) is 4.33. The van der Waals surface area contributed by atoms with Crippen molar-refractivity contribution in [3.63, 3.8) is 0 Å². The van der Waals surface area contributed by atoms with Gasteiger partial charge >= 0.3 is 0 Å². The summed E-state index contributed by atoms with van der Waals surface area (Å²) in [5.41, 5.74) is 1.25. The van der Waals surface area contributed by atoms with E-state index >= 15 is 0 Å². The van der Waals surface area contributed by atoms with E-state index in [1.54, 1.807) is 41.2 Å². The highest BCUT2D eigenvalue weighted by molar-refractivity contribution is 7.90. The Balaban J connectivity index is 1.85. The van der Waals surface area contributed by atoms with E-state index in [9.17, 15) is 18.0 Å². The van der Waals surface area contributed by atoms with Gasteiger partial charge in [0.1, 0.15) is 5.75 Å². The molecule has 0 saturated carbocycles. The van der Waals surface area contributed by atoms with Gasteiger partial charge in [0.2, 0.25) is 11.8 Å². The first-order valence-electron chi connectivity index (χ1n) is 9.70. The van der Waals surface area contributed by atoms with Crippen molar-refractivity contribution in [2.75, 3.05) is 29.7 Å². The minimum atomic E-state index is -3.32. The maximum absolute atomic E-state index is 13.3. The minimum Gasteiger partial charge on any atom is -0.495 e. The molecule has 1 fully saturated rings. The molecule has 0 spiro atoms. The molecule has 1 aliphatic rings. The molecule has 0 aromatic heterocycles. The highest BCUT2D eigenvalue weighted by Gasteiger charge is 2.39. The average Bonchev–Trinajstić information content (AvgIpc) is 3.09. The molecule has 0 bridgehead atoms. The molecule has 2 aromatic carbocycles. The van der Waals surface area contributed by atoms with Crippen LogP contribution in [0.5, 0.6) is 5.75 Å². The van der Waals surface area contributed by atoms with Crippen molar-refractivity contribution in [2.45, 2.75) is 31.2 Å². The molecule has 0 N–H and O–H groups in total. The van der Waals surface area contributed by atoms with Gasteiger partial charge in [-0.3, -0.25) is 9.59 Å². The van der Waals surface area contributed by atoms with Crippen LogP contribution in [0.1, 0.15) is 20.3 Å². The average molecular weight is 431 g/mol. The Morgan fingerprint density at radius 2 is 1.77 bits per heavy atom. The highest BCUT2D eigenvalue weighted by Crippen LogP contribution is 2.34. The number of anilines is 2. The van der Waals surface area contributed by atoms with Crippen LogP contribution in [-0.4, -0.2) is 46.2 Å². The number of hydrogen-bond acceptors (Lipinski definition) is 5. The summed E-state index contributed by atoms with van der Waals surface area (Å²) in [5, 5.41) is 0. The van der Waals surface area contributed by atoms with Crippen molar-refractivity contribution in [1.82, 2.24) is 0 Å². The summed E-state index contributed by atoms with van der Waals surface area (Å²) >= 11 is 0. The van der Waals surface area contributed by atoms with Crippen LogP contribution in [0, 0.1) is 5.92 Å². The van der Waals surface area contributed by atoms with Crippen molar-refractivity contribution < 1.29 is 22.7 Å². The molecule has 1 unspecified atom stereocenters. The lowest BCUT2D eigenvalue weighted by molar-refractivity contribution is -0.124. The number of ether oxygens (including phenoxy) is 1. The van der Waals surface area contributed by atoms with Gasteiger partial charge < -0.3 is 14.5 Å². The normalized spacial score (nSPS) is 16.8. The predicted molar refractivity (Wildman–Crippen MR) is 116 cm³/mol. The third-order valence-corrected chi connectivity index (χ3v) is 6.28. The standard InChI is InChI=1S/C22H26N2O5S/c1-15(2)24(17-9-11-18(12-10-17)30(4,27)28)22(26)16-13-21(25)23(14-16)19-7-5-6-8-20(19)29-3/h5-12,15-16H,13-14H2,1-4H3. The second-order valence-electron chi connectivity index (χ2n) is 7.65. The third-order valence-electron chi connectivity index (χ3n) is 5.15. The molecule has 1 aliphatic heterocycles. The maximum atomic E-state index is 13.3. The fourth-order valence-electron chi connectivity index (χ4n) is 3.69. The molecule has 1 saturated heterocycles. The van der Waals surface area contributed by atoms with Crippen LogP contribution >= 0.6 is 0 Å². The van der Waals surface area contributed by atoms with Crippen LogP contribution in [0.3, 0.4) is 0 Å². The number of methoxy groups -OCH3 is 1. The van der Waals surface area contributed by atoms with Crippen LogP contribution < -0.4 is 14.5 Å². The molecule has 7 nitrogen and oxygen atoms in total. The van der Waals surface area contributed by atoms with Gasteiger partial charge in [-0.2, -0.15) is 0 Å². The van der Waals surface area contributed by atoms with Crippen molar-refractivity contribution in [3.8, 4) is 5.75 Å². The zero-order valence-electron chi connectivity index (χ0n) is 17.5. The summed E-state index contributed by atoms with van der Waals surface area (Å²) in [6, 6.07) is 13.3. The number of benzene rings is 2. The summed E-state index contributed by atoms with van der Waals surface area (Å²) in [7, 11) is -1.78. The Bertz CT molecular complexity index is 1050. The number of hydrogen-bond donors (Lipinski definition) is 0. The first kappa shape index (κ1) is 21.8. The zero-order valence-corrected chi connectivity index (χ0v) is 18.3. The Hall–Kier alpha value is -2.87. The van der Waals surface area contributed by atoms with Gasteiger partial charge in [0.25, 0.3) is 0 Å². The number of carbonyl (C=O) groups is 2. The van der Waals surface area contributed by atoms with Crippen LogP contribution in [-0.2, 0) is 19.4 Å². The maximum Gasteiger partial charge on any atom is 0.232 e. The Kier molecular flexibility index (Phi) is 6.17. The van der Waals surface area contributed by atoms with Gasteiger partial charge in [0.05, 0.1) is 23.6 Å². The van der Waals surface area contributed by atoms with Crippen molar-refractivity contribution in [1.29, 1.82) is 0 Å². The number of para-hydroxylation sites is 2. The summed E-state index contributed by atoms with van der Waals surface area (Å²) in [4.78, 5) is 29.4. The molecule has 30 heavy (non-hydrogen) atoms. The van der Waals surface area contributed by atoms with Crippen LogP contribution in [0.4, 0.5) is 11.4 Å². The first-order valence-corrected chi connectivity index (χ1v) is 11.6. The molecule has 8 heteroatoms. The Labute approximate surface area is 177 Å². The van der Waals surface area contributed by atoms with Gasteiger partial charge in [-0.25, -0.2) is 8.42 Å². The summed E-state index contributed by atoms with van der Waals surface area (Å²) in [5.74, 6) is -0.216. The van der Waals surface area contributed by atoms with Crippen LogP contribution in [0.15, 0.2) is 53.4 Å². The van der Waals surface area contributed by atoms with Crippen molar-refractivity contribution >= 4 is 33.0 Å². The lowest BCUT2D eigenvalue weighted by Gasteiger charge is -2.29. The largest absolute Gasteiger partial charge is 0.495 e.